The fraction of sp³-hybridized carbons (Fsp3) is 0.241. The topological polar surface area (TPSA) is 108 Å². The smallest absolute Gasteiger partial charge is 0.268 e. The summed E-state index contributed by atoms with van der Waals surface area (Å²) in [4.78, 5) is 33.7. The quantitative estimate of drug-likeness (QED) is 0.382. The van der Waals surface area contributed by atoms with Crippen molar-refractivity contribution in [2.24, 2.45) is 0 Å². The fourth-order valence-corrected chi connectivity index (χ4v) is 6.78. The van der Waals surface area contributed by atoms with Gasteiger partial charge in [-0.05, 0) is 62.9 Å². The molecule has 2 aliphatic heterocycles. The van der Waals surface area contributed by atoms with E-state index in [1.807, 2.05) is 37.9 Å². The van der Waals surface area contributed by atoms with Gasteiger partial charge in [0.15, 0.2) is 0 Å². The Balaban J connectivity index is 1.38. The van der Waals surface area contributed by atoms with Crippen LogP contribution in [0.25, 0.3) is 22.6 Å². The molecule has 0 aliphatic carbocycles. The normalized spacial score (nSPS) is 17.2. The van der Waals surface area contributed by atoms with Gasteiger partial charge >= 0.3 is 0 Å². The third-order valence-corrected chi connectivity index (χ3v) is 9.35. The molecule has 0 atom stereocenters. The third kappa shape index (κ3) is 4.16. The number of para-hydroxylation sites is 1. The summed E-state index contributed by atoms with van der Waals surface area (Å²) < 4.78 is 28.4. The molecule has 10 heteroatoms. The summed E-state index contributed by atoms with van der Waals surface area (Å²) >= 11 is 0. The standard InChI is InChI=1S/C29H29N5O4S/c1-18-25(30-19(2)27(18)29(36)33-14-12-32(3)13-15-33)17-23-22-16-21(8-9-24(22)31-28(23)35)39(37,38)34-11-10-20-6-4-5-7-26(20)34/h4-11,16-17,30H,12-15H2,1-3H3,(H,31,35)/b23-17-. The van der Waals surface area contributed by atoms with E-state index in [1.54, 1.807) is 30.3 Å². The second kappa shape index (κ2) is 9.25. The molecule has 2 aromatic carbocycles. The number of carbonyl (C=O) groups is 2. The second-order valence-corrected chi connectivity index (χ2v) is 12.0. The first-order chi connectivity index (χ1) is 18.6. The molecule has 2 aromatic heterocycles. The summed E-state index contributed by atoms with van der Waals surface area (Å²) in [6, 6.07) is 13.7. The van der Waals surface area contributed by atoms with Crippen molar-refractivity contribution in [1.82, 2.24) is 18.8 Å². The first kappa shape index (κ1) is 25.1. The van der Waals surface area contributed by atoms with Crippen LogP contribution < -0.4 is 5.32 Å². The number of piperazine rings is 1. The van der Waals surface area contributed by atoms with Crippen LogP contribution in [-0.2, 0) is 14.8 Å². The lowest BCUT2D eigenvalue weighted by atomic mass is 10.0. The Hall–Kier alpha value is -4.15. The van der Waals surface area contributed by atoms with Gasteiger partial charge in [-0.15, -0.1) is 0 Å². The lowest BCUT2D eigenvalue weighted by Gasteiger charge is -2.32. The number of carbonyl (C=O) groups excluding carboxylic acids is 2. The molecule has 4 heterocycles. The van der Waals surface area contributed by atoms with Crippen LogP contribution in [0.15, 0.2) is 59.6 Å². The van der Waals surface area contributed by atoms with E-state index in [0.717, 1.165) is 29.7 Å². The van der Waals surface area contributed by atoms with E-state index in [0.29, 0.717) is 46.7 Å². The average Bonchev–Trinajstić information content (AvgIpc) is 3.57. The molecule has 9 nitrogen and oxygen atoms in total. The van der Waals surface area contributed by atoms with Crippen LogP contribution in [-0.4, -0.2) is 72.2 Å². The highest BCUT2D eigenvalue weighted by Crippen LogP contribution is 2.36. The summed E-state index contributed by atoms with van der Waals surface area (Å²) in [5.41, 5.74) is 4.70. The van der Waals surface area contributed by atoms with Gasteiger partial charge in [0.25, 0.3) is 21.8 Å². The number of benzene rings is 2. The van der Waals surface area contributed by atoms with E-state index in [9.17, 15) is 18.0 Å². The minimum atomic E-state index is -3.91. The highest BCUT2D eigenvalue weighted by molar-refractivity contribution is 7.90. The maximum Gasteiger partial charge on any atom is 0.268 e. The van der Waals surface area contributed by atoms with Crippen molar-refractivity contribution in [2.75, 3.05) is 38.5 Å². The lowest BCUT2D eigenvalue weighted by molar-refractivity contribution is -0.110. The van der Waals surface area contributed by atoms with E-state index in [1.165, 1.54) is 22.3 Å². The highest BCUT2D eigenvalue weighted by Gasteiger charge is 2.30. The number of likely N-dealkylation sites (N-methyl/N-ethyl adjacent to an activating group) is 1. The minimum absolute atomic E-state index is 0.0254. The summed E-state index contributed by atoms with van der Waals surface area (Å²) in [6.07, 6.45) is 3.24. The molecular weight excluding hydrogens is 514 g/mol. The zero-order valence-corrected chi connectivity index (χ0v) is 22.8. The van der Waals surface area contributed by atoms with E-state index < -0.39 is 10.0 Å². The van der Waals surface area contributed by atoms with Crippen LogP contribution in [0.2, 0.25) is 0 Å². The van der Waals surface area contributed by atoms with Gasteiger partial charge in [-0.3, -0.25) is 9.59 Å². The van der Waals surface area contributed by atoms with E-state index >= 15 is 0 Å². The summed E-state index contributed by atoms with van der Waals surface area (Å²) in [5, 5.41) is 3.65. The number of H-pyrrole nitrogens is 1. The second-order valence-electron chi connectivity index (χ2n) is 10.2. The van der Waals surface area contributed by atoms with Crippen molar-refractivity contribution < 1.29 is 18.0 Å². The van der Waals surface area contributed by atoms with Gasteiger partial charge in [0.2, 0.25) is 0 Å². The van der Waals surface area contributed by atoms with Crippen molar-refractivity contribution in [3.63, 3.8) is 0 Å². The molecule has 39 heavy (non-hydrogen) atoms. The molecule has 0 radical (unpaired) electrons. The molecule has 0 unspecified atom stereocenters. The van der Waals surface area contributed by atoms with E-state index in [4.69, 9.17) is 0 Å². The zero-order valence-electron chi connectivity index (χ0n) is 22.0. The molecule has 0 spiro atoms. The van der Waals surface area contributed by atoms with Crippen LogP contribution in [0.1, 0.15) is 32.9 Å². The molecule has 2 N–H and O–H groups in total. The maximum absolute atomic E-state index is 13.6. The Morgan fingerprint density at radius 2 is 1.74 bits per heavy atom. The molecule has 6 rings (SSSR count). The molecule has 200 valence electrons. The Morgan fingerprint density at radius 3 is 2.51 bits per heavy atom. The Morgan fingerprint density at radius 1 is 1.00 bits per heavy atom. The molecule has 2 amide bonds. The van der Waals surface area contributed by atoms with Crippen LogP contribution in [0, 0.1) is 13.8 Å². The molecule has 0 saturated carbocycles. The van der Waals surface area contributed by atoms with Crippen molar-refractivity contribution in [2.45, 2.75) is 18.7 Å². The monoisotopic (exact) mass is 543 g/mol. The molecule has 1 saturated heterocycles. The van der Waals surface area contributed by atoms with Crippen molar-refractivity contribution in [3.8, 4) is 0 Å². The van der Waals surface area contributed by atoms with Crippen LogP contribution in [0.4, 0.5) is 5.69 Å². The van der Waals surface area contributed by atoms with E-state index in [2.05, 4.69) is 15.2 Å². The summed E-state index contributed by atoms with van der Waals surface area (Å²) in [7, 11) is -1.86. The molecule has 1 fully saturated rings. The number of rotatable bonds is 4. The van der Waals surface area contributed by atoms with Crippen LogP contribution >= 0.6 is 0 Å². The first-order valence-electron chi connectivity index (χ1n) is 12.8. The van der Waals surface area contributed by atoms with Crippen molar-refractivity contribution >= 4 is 50.1 Å². The summed E-state index contributed by atoms with van der Waals surface area (Å²) in [5.74, 6) is -0.354. The average molecular weight is 544 g/mol. The largest absolute Gasteiger partial charge is 0.358 e. The predicted molar refractivity (Wildman–Crippen MR) is 151 cm³/mol. The molecule has 4 aromatic rings. The lowest BCUT2D eigenvalue weighted by Crippen LogP contribution is -2.47. The number of nitrogens with zero attached hydrogens (tertiary/aromatic N) is 3. The molecular formula is C29H29N5O4S. The number of hydrogen-bond donors (Lipinski definition) is 2. The maximum atomic E-state index is 13.6. The number of amides is 2. The van der Waals surface area contributed by atoms with Gasteiger partial charge in [0.1, 0.15) is 0 Å². The number of hydrogen-bond acceptors (Lipinski definition) is 5. The number of aromatic nitrogens is 2. The van der Waals surface area contributed by atoms with Gasteiger partial charge in [-0.25, -0.2) is 12.4 Å². The van der Waals surface area contributed by atoms with Crippen molar-refractivity contribution in [1.29, 1.82) is 0 Å². The Bertz CT molecular complexity index is 1790. The fourth-order valence-electron chi connectivity index (χ4n) is 5.40. The number of nitrogens with one attached hydrogen (secondary N) is 2. The SMILES string of the molecule is Cc1[nH]c(/C=C2\C(=O)Nc3ccc(S(=O)(=O)n4ccc5ccccc54)cc32)c(C)c1C(=O)N1CCN(C)CC1. The van der Waals surface area contributed by atoms with E-state index in [-0.39, 0.29) is 16.7 Å². The molecule has 0 bridgehead atoms. The third-order valence-electron chi connectivity index (χ3n) is 7.66. The first-order valence-corrected chi connectivity index (χ1v) is 14.3. The zero-order chi connectivity index (χ0) is 27.5. The van der Waals surface area contributed by atoms with Crippen LogP contribution in [0.3, 0.4) is 0 Å². The highest BCUT2D eigenvalue weighted by atomic mass is 32.2. The number of aryl methyl sites for hydroxylation is 1. The van der Waals surface area contributed by atoms with Crippen molar-refractivity contribution in [3.05, 3.63) is 82.8 Å². The minimum Gasteiger partial charge on any atom is -0.358 e. The van der Waals surface area contributed by atoms with Gasteiger partial charge in [-0.2, -0.15) is 0 Å². The van der Waals surface area contributed by atoms with Gasteiger partial charge in [0.05, 0.1) is 21.5 Å². The predicted octanol–water partition coefficient (Wildman–Crippen LogP) is 3.70. The Labute approximate surface area is 226 Å². The van der Waals surface area contributed by atoms with Gasteiger partial charge < -0.3 is 20.1 Å². The number of aromatic amines is 1. The van der Waals surface area contributed by atoms with Crippen LogP contribution in [0.5, 0.6) is 0 Å². The number of fused-ring (bicyclic) bond motifs is 2. The summed E-state index contributed by atoms with van der Waals surface area (Å²) in [6.45, 7) is 6.70. The number of anilines is 1. The molecule has 2 aliphatic rings. The van der Waals surface area contributed by atoms with Gasteiger partial charge in [-0.1, -0.05) is 18.2 Å². The Kier molecular flexibility index (Phi) is 5.96. The van der Waals surface area contributed by atoms with Gasteiger partial charge in [0, 0.05) is 60.4 Å².